The molecule has 1 aliphatic carbocycles. The van der Waals surface area contributed by atoms with Gasteiger partial charge in [-0.25, -0.2) is 9.97 Å². The van der Waals surface area contributed by atoms with E-state index in [1.54, 1.807) is 0 Å². The molecule has 0 fully saturated rings. The van der Waals surface area contributed by atoms with Gasteiger partial charge in [-0.3, -0.25) is 0 Å². The Morgan fingerprint density at radius 2 is 2.00 bits per heavy atom. The van der Waals surface area contributed by atoms with E-state index in [2.05, 4.69) is 34.3 Å². The van der Waals surface area contributed by atoms with Crippen LogP contribution in [-0.4, -0.2) is 42.1 Å². The van der Waals surface area contributed by atoms with Crippen LogP contribution in [0.25, 0.3) is 10.2 Å². The number of rotatable bonds is 4. The number of likely N-dealkylation sites (N-methyl/N-ethyl adjacent to an activating group) is 1. The van der Waals surface area contributed by atoms with Gasteiger partial charge in [-0.1, -0.05) is 0 Å². The first-order valence-electron chi connectivity index (χ1n) is 7.32. The number of fused-ring (bicyclic) bond motifs is 3. The Bertz CT molecular complexity index is 618. The second kappa shape index (κ2) is 5.66. The van der Waals surface area contributed by atoms with Crippen LogP contribution in [0.15, 0.2) is 0 Å². The Hall–Kier alpha value is -1.20. The van der Waals surface area contributed by atoms with Crippen LogP contribution in [0, 0.1) is 6.92 Å². The predicted molar refractivity (Wildman–Crippen MR) is 85.8 cm³/mol. The topological polar surface area (TPSA) is 41.1 Å². The zero-order valence-electron chi connectivity index (χ0n) is 12.5. The SMILES string of the molecule is Cc1nc(NCCN(C)C)c2c3c(sc2n1)CCCC3. The molecule has 108 valence electrons. The molecule has 2 heterocycles. The molecule has 0 saturated carbocycles. The Morgan fingerprint density at radius 3 is 2.80 bits per heavy atom. The van der Waals surface area contributed by atoms with E-state index < -0.39 is 0 Å². The van der Waals surface area contributed by atoms with Gasteiger partial charge in [-0.2, -0.15) is 0 Å². The van der Waals surface area contributed by atoms with Crippen LogP contribution in [0.3, 0.4) is 0 Å². The molecule has 0 saturated heterocycles. The standard InChI is InChI=1S/C15H22N4S/c1-10-17-14(16-8-9-19(2)3)13-11-6-4-5-7-12(11)20-15(13)18-10/h4-9H2,1-3H3,(H,16,17,18). The van der Waals surface area contributed by atoms with Crippen molar-refractivity contribution in [2.24, 2.45) is 0 Å². The Kier molecular flexibility index (Phi) is 3.89. The molecule has 5 heteroatoms. The summed E-state index contributed by atoms with van der Waals surface area (Å²) in [5.41, 5.74) is 1.50. The van der Waals surface area contributed by atoms with E-state index in [0.29, 0.717) is 0 Å². The zero-order chi connectivity index (χ0) is 14.1. The van der Waals surface area contributed by atoms with Crippen molar-refractivity contribution in [1.82, 2.24) is 14.9 Å². The molecule has 0 spiro atoms. The van der Waals surface area contributed by atoms with Gasteiger partial charge in [-0.15, -0.1) is 11.3 Å². The van der Waals surface area contributed by atoms with E-state index in [9.17, 15) is 0 Å². The Balaban J connectivity index is 1.98. The summed E-state index contributed by atoms with van der Waals surface area (Å²) in [5, 5.41) is 4.80. The van der Waals surface area contributed by atoms with Crippen LogP contribution in [0.5, 0.6) is 0 Å². The second-order valence-electron chi connectivity index (χ2n) is 5.74. The molecule has 0 amide bonds. The highest BCUT2D eigenvalue weighted by Crippen LogP contribution is 2.38. The minimum Gasteiger partial charge on any atom is -0.368 e. The van der Waals surface area contributed by atoms with E-state index >= 15 is 0 Å². The Labute approximate surface area is 124 Å². The largest absolute Gasteiger partial charge is 0.368 e. The number of aryl methyl sites for hydroxylation is 3. The number of anilines is 1. The lowest BCUT2D eigenvalue weighted by Gasteiger charge is -2.14. The molecular weight excluding hydrogens is 268 g/mol. The fraction of sp³-hybridized carbons (Fsp3) is 0.600. The maximum Gasteiger partial charge on any atom is 0.138 e. The first-order valence-corrected chi connectivity index (χ1v) is 8.14. The molecule has 0 radical (unpaired) electrons. The fourth-order valence-electron chi connectivity index (χ4n) is 2.79. The van der Waals surface area contributed by atoms with E-state index in [-0.39, 0.29) is 0 Å². The molecule has 0 atom stereocenters. The first-order chi connectivity index (χ1) is 9.65. The highest BCUT2D eigenvalue weighted by Gasteiger charge is 2.20. The van der Waals surface area contributed by atoms with E-state index in [0.717, 1.165) is 29.6 Å². The van der Waals surface area contributed by atoms with Crippen LogP contribution >= 0.6 is 11.3 Å². The number of nitrogens with zero attached hydrogens (tertiary/aromatic N) is 3. The average Bonchev–Trinajstić information content (AvgIpc) is 2.75. The van der Waals surface area contributed by atoms with Gasteiger partial charge in [0.25, 0.3) is 0 Å². The van der Waals surface area contributed by atoms with E-state index in [4.69, 9.17) is 0 Å². The summed E-state index contributed by atoms with van der Waals surface area (Å²) in [6.07, 6.45) is 5.01. The zero-order valence-corrected chi connectivity index (χ0v) is 13.3. The molecule has 0 aliphatic heterocycles. The molecule has 2 aromatic heterocycles. The molecule has 4 nitrogen and oxygen atoms in total. The third-order valence-electron chi connectivity index (χ3n) is 3.78. The van der Waals surface area contributed by atoms with Gasteiger partial charge in [0.2, 0.25) is 0 Å². The highest BCUT2D eigenvalue weighted by atomic mass is 32.1. The first kappa shape index (κ1) is 13.8. The molecule has 1 N–H and O–H groups in total. The van der Waals surface area contributed by atoms with Crippen molar-refractivity contribution in [3.63, 3.8) is 0 Å². The molecule has 3 rings (SSSR count). The van der Waals surface area contributed by atoms with Crippen molar-refractivity contribution in [2.45, 2.75) is 32.6 Å². The average molecular weight is 290 g/mol. The van der Waals surface area contributed by atoms with Crippen LogP contribution in [0.4, 0.5) is 5.82 Å². The number of hydrogen-bond donors (Lipinski definition) is 1. The molecule has 0 bridgehead atoms. The highest BCUT2D eigenvalue weighted by molar-refractivity contribution is 7.19. The quantitative estimate of drug-likeness (QED) is 0.940. The molecule has 1 aliphatic rings. The summed E-state index contributed by atoms with van der Waals surface area (Å²) >= 11 is 1.87. The van der Waals surface area contributed by atoms with E-state index in [1.807, 2.05) is 18.3 Å². The number of thiophene rings is 1. The predicted octanol–water partition coefficient (Wildman–Crippen LogP) is 2.85. The van der Waals surface area contributed by atoms with Crippen LogP contribution in [-0.2, 0) is 12.8 Å². The van der Waals surface area contributed by atoms with Crippen molar-refractivity contribution in [3.05, 3.63) is 16.3 Å². The van der Waals surface area contributed by atoms with Gasteiger partial charge in [0.15, 0.2) is 0 Å². The fourth-order valence-corrected chi connectivity index (χ4v) is 4.10. The summed E-state index contributed by atoms with van der Waals surface area (Å²) < 4.78 is 0. The summed E-state index contributed by atoms with van der Waals surface area (Å²) in [7, 11) is 4.18. The lowest BCUT2D eigenvalue weighted by Crippen LogP contribution is -2.21. The van der Waals surface area contributed by atoms with Crippen LogP contribution in [0.2, 0.25) is 0 Å². The van der Waals surface area contributed by atoms with Crippen molar-refractivity contribution >= 4 is 27.4 Å². The van der Waals surface area contributed by atoms with Crippen LogP contribution < -0.4 is 5.32 Å². The molecule has 0 aromatic carbocycles. The third-order valence-corrected chi connectivity index (χ3v) is 4.96. The molecule has 2 aromatic rings. The normalized spacial score (nSPS) is 14.8. The third kappa shape index (κ3) is 2.65. The molecular formula is C15H22N4S. The van der Waals surface area contributed by atoms with Crippen molar-refractivity contribution in [2.75, 3.05) is 32.5 Å². The number of hydrogen-bond acceptors (Lipinski definition) is 5. The van der Waals surface area contributed by atoms with E-state index in [1.165, 1.54) is 41.5 Å². The van der Waals surface area contributed by atoms with Gasteiger partial charge in [0.1, 0.15) is 16.5 Å². The summed E-state index contributed by atoms with van der Waals surface area (Å²) in [4.78, 5) is 14.2. The van der Waals surface area contributed by atoms with Crippen molar-refractivity contribution in [1.29, 1.82) is 0 Å². The van der Waals surface area contributed by atoms with Gasteiger partial charge in [0.05, 0.1) is 5.39 Å². The monoisotopic (exact) mass is 290 g/mol. The summed E-state index contributed by atoms with van der Waals surface area (Å²) in [5.74, 6) is 1.90. The smallest absolute Gasteiger partial charge is 0.138 e. The minimum atomic E-state index is 0.864. The summed E-state index contributed by atoms with van der Waals surface area (Å²) in [6.45, 7) is 3.91. The van der Waals surface area contributed by atoms with Crippen molar-refractivity contribution in [3.8, 4) is 0 Å². The Morgan fingerprint density at radius 1 is 1.20 bits per heavy atom. The molecule has 20 heavy (non-hydrogen) atoms. The maximum absolute atomic E-state index is 4.64. The van der Waals surface area contributed by atoms with Gasteiger partial charge in [0, 0.05) is 18.0 Å². The molecule has 0 unspecified atom stereocenters. The van der Waals surface area contributed by atoms with Gasteiger partial charge in [-0.05, 0) is 52.3 Å². The summed E-state index contributed by atoms with van der Waals surface area (Å²) in [6, 6.07) is 0. The number of nitrogens with one attached hydrogen (secondary N) is 1. The second-order valence-corrected chi connectivity index (χ2v) is 6.82. The number of aromatic nitrogens is 2. The van der Waals surface area contributed by atoms with Crippen molar-refractivity contribution < 1.29 is 0 Å². The maximum atomic E-state index is 4.64. The van der Waals surface area contributed by atoms with Crippen LogP contribution in [0.1, 0.15) is 29.1 Å². The van der Waals surface area contributed by atoms with Gasteiger partial charge >= 0.3 is 0 Å². The van der Waals surface area contributed by atoms with Gasteiger partial charge < -0.3 is 10.2 Å². The lowest BCUT2D eigenvalue weighted by molar-refractivity contribution is 0.425. The minimum absolute atomic E-state index is 0.864. The lowest BCUT2D eigenvalue weighted by atomic mass is 9.97.